The zero-order valence-corrected chi connectivity index (χ0v) is 17.6. The molecule has 0 bridgehead atoms. The van der Waals surface area contributed by atoms with Gasteiger partial charge in [-0.2, -0.15) is 13.2 Å². The van der Waals surface area contributed by atoms with Crippen LogP contribution in [0.1, 0.15) is 30.0 Å². The Bertz CT molecular complexity index is 614. The third-order valence-electron chi connectivity index (χ3n) is 4.71. The maximum absolute atomic E-state index is 12.8. The predicted octanol–water partition coefficient (Wildman–Crippen LogP) is 3.02. The highest BCUT2D eigenvalue weighted by Gasteiger charge is 2.31. The monoisotopic (exact) mass is 498 g/mol. The highest BCUT2D eigenvalue weighted by molar-refractivity contribution is 14.0. The van der Waals surface area contributed by atoms with E-state index in [1.807, 2.05) is 0 Å². The number of nitrogens with zero attached hydrogens (tertiary/aromatic N) is 2. The highest BCUT2D eigenvalue weighted by Crippen LogP contribution is 2.31. The van der Waals surface area contributed by atoms with Gasteiger partial charge in [-0.3, -0.25) is 9.89 Å². The minimum Gasteiger partial charge on any atom is -0.379 e. The lowest BCUT2D eigenvalue weighted by Gasteiger charge is -2.35. The van der Waals surface area contributed by atoms with Crippen molar-refractivity contribution < 1.29 is 17.9 Å². The molecule has 152 valence electrons. The van der Waals surface area contributed by atoms with E-state index in [0.717, 1.165) is 49.6 Å². The van der Waals surface area contributed by atoms with Crippen LogP contribution in [0.4, 0.5) is 13.2 Å². The minimum atomic E-state index is -4.32. The number of morpholine rings is 1. The molecule has 1 heterocycles. The summed E-state index contributed by atoms with van der Waals surface area (Å²) in [6.45, 7) is 3.33. The lowest BCUT2D eigenvalue weighted by molar-refractivity contribution is -0.137. The molecule has 2 fully saturated rings. The van der Waals surface area contributed by atoms with Gasteiger partial charge in [0.15, 0.2) is 5.96 Å². The van der Waals surface area contributed by atoms with Crippen molar-refractivity contribution in [3.05, 3.63) is 35.4 Å². The molecule has 2 N–H and O–H groups in total. The van der Waals surface area contributed by atoms with Crippen molar-refractivity contribution in [1.29, 1.82) is 0 Å². The first-order chi connectivity index (χ1) is 12.5. The van der Waals surface area contributed by atoms with Crippen LogP contribution in [-0.2, 0) is 10.9 Å². The molecule has 1 saturated carbocycles. The second kappa shape index (κ2) is 9.92. The van der Waals surface area contributed by atoms with E-state index in [0.29, 0.717) is 25.8 Å². The number of ether oxygens (including phenoxy) is 1. The third kappa shape index (κ3) is 6.49. The van der Waals surface area contributed by atoms with E-state index in [2.05, 4.69) is 20.5 Å². The first-order valence-corrected chi connectivity index (χ1v) is 8.93. The fourth-order valence-electron chi connectivity index (χ4n) is 3.05. The van der Waals surface area contributed by atoms with Crippen LogP contribution in [0.3, 0.4) is 0 Å². The lowest BCUT2D eigenvalue weighted by Crippen LogP contribution is -2.46. The van der Waals surface area contributed by atoms with Crippen LogP contribution in [0.2, 0.25) is 0 Å². The number of nitrogens with one attached hydrogen (secondary N) is 2. The molecule has 1 unspecified atom stereocenters. The Balaban J connectivity index is 0.00000261. The van der Waals surface area contributed by atoms with Crippen LogP contribution < -0.4 is 10.6 Å². The maximum atomic E-state index is 12.8. The number of halogens is 4. The van der Waals surface area contributed by atoms with Crippen molar-refractivity contribution in [2.75, 3.05) is 39.9 Å². The lowest BCUT2D eigenvalue weighted by atomic mass is 10.0. The summed E-state index contributed by atoms with van der Waals surface area (Å²) in [5, 5.41) is 6.64. The van der Waals surface area contributed by atoms with E-state index >= 15 is 0 Å². The molecule has 3 rings (SSSR count). The number of alkyl halides is 3. The average molecular weight is 498 g/mol. The number of rotatable bonds is 5. The van der Waals surface area contributed by atoms with E-state index in [1.54, 1.807) is 19.2 Å². The zero-order chi connectivity index (χ0) is 18.6. The number of hydrogen-bond acceptors (Lipinski definition) is 3. The Morgan fingerprint density at radius 3 is 2.37 bits per heavy atom. The van der Waals surface area contributed by atoms with Crippen LogP contribution in [-0.4, -0.2) is 56.8 Å². The smallest absolute Gasteiger partial charge is 0.379 e. The molecule has 1 aromatic rings. The molecule has 1 atom stereocenters. The van der Waals surface area contributed by atoms with Gasteiger partial charge in [-0.25, -0.2) is 0 Å². The van der Waals surface area contributed by atoms with E-state index in [1.165, 1.54) is 0 Å². The van der Waals surface area contributed by atoms with Crippen molar-refractivity contribution in [3.8, 4) is 0 Å². The predicted molar refractivity (Wildman–Crippen MR) is 110 cm³/mol. The van der Waals surface area contributed by atoms with Crippen molar-refractivity contribution in [1.82, 2.24) is 15.5 Å². The van der Waals surface area contributed by atoms with Crippen molar-refractivity contribution in [3.63, 3.8) is 0 Å². The Hall–Kier alpha value is -1.07. The van der Waals surface area contributed by atoms with Crippen LogP contribution in [0.5, 0.6) is 0 Å². The maximum Gasteiger partial charge on any atom is 0.416 e. The van der Waals surface area contributed by atoms with Gasteiger partial charge in [0.25, 0.3) is 0 Å². The molecule has 27 heavy (non-hydrogen) atoms. The largest absolute Gasteiger partial charge is 0.416 e. The first-order valence-electron chi connectivity index (χ1n) is 8.93. The molecule has 5 nitrogen and oxygen atoms in total. The van der Waals surface area contributed by atoms with Gasteiger partial charge in [0.2, 0.25) is 0 Å². The summed E-state index contributed by atoms with van der Waals surface area (Å²) in [7, 11) is 1.72. The summed E-state index contributed by atoms with van der Waals surface area (Å²) in [6, 6.07) is 5.89. The summed E-state index contributed by atoms with van der Waals surface area (Å²) in [4.78, 5) is 6.47. The quantitative estimate of drug-likeness (QED) is 0.373. The van der Waals surface area contributed by atoms with Gasteiger partial charge in [0.05, 0.1) is 24.8 Å². The van der Waals surface area contributed by atoms with Gasteiger partial charge in [-0.1, -0.05) is 12.1 Å². The molecule has 9 heteroatoms. The van der Waals surface area contributed by atoms with Gasteiger partial charge in [-0.15, -0.1) is 24.0 Å². The van der Waals surface area contributed by atoms with Crippen molar-refractivity contribution in [2.45, 2.75) is 31.1 Å². The normalized spacial score (nSPS) is 19.9. The molecule has 1 aliphatic carbocycles. The Kier molecular flexibility index (Phi) is 8.17. The van der Waals surface area contributed by atoms with Crippen LogP contribution in [0.25, 0.3) is 0 Å². The fraction of sp³-hybridized carbons (Fsp3) is 0.611. The summed E-state index contributed by atoms with van der Waals surface area (Å²) < 4.78 is 43.9. The summed E-state index contributed by atoms with van der Waals surface area (Å²) >= 11 is 0. The third-order valence-corrected chi connectivity index (χ3v) is 4.71. The second-order valence-electron chi connectivity index (χ2n) is 6.66. The van der Waals surface area contributed by atoms with Gasteiger partial charge < -0.3 is 15.4 Å². The molecule has 0 aromatic heterocycles. The van der Waals surface area contributed by atoms with Gasteiger partial charge in [-0.05, 0) is 30.5 Å². The Morgan fingerprint density at radius 1 is 1.22 bits per heavy atom. The molecule has 2 aliphatic rings. The zero-order valence-electron chi connectivity index (χ0n) is 15.3. The Labute approximate surface area is 174 Å². The number of aliphatic imine (C=N–C) groups is 1. The minimum absolute atomic E-state index is 0. The van der Waals surface area contributed by atoms with Crippen LogP contribution in [0.15, 0.2) is 29.3 Å². The number of guanidine groups is 1. The molecule has 0 amide bonds. The van der Waals surface area contributed by atoms with Crippen LogP contribution >= 0.6 is 24.0 Å². The summed E-state index contributed by atoms with van der Waals surface area (Å²) in [5.41, 5.74) is 0.232. The number of benzene rings is 1. The van der Waals surface area contributed by atoms with Gasteiger partial charge in [0.1, 0.15) is 0 Å². The standard InChI is InChI=1S/C18H25F3N4O.HI/c1-22-17(24-15-6-7-15)23-12-16(25-8-10-26-11-9-25)13-2-4-14(5-3-13)18(19,20)21;/h2-5,15-16H,6-12H2,1H3,(H2,22,23,24);1H. The molecule has 1 aliphatic heterocycles. The average Bonchev–Trinajstić information content (AvgIpc) is 3.45. The molecular formula is C18H26F3IN4O. The molecule has 0 radical (unpaired) electrons. The summed E-state index contributed by atoms with van der Waals surface area (Å²) in [6.07, 6.45) is -2.03. The first kappa shape index (κ1) is 22.2. The number of hydrogen-bond donors (Lipinski definition) is 2. The van der Waals surface area contributed by atoms with Gasteiger partial charge >= 0.3 is 6.18 Å². The van der Waals surface area contributed by atoms with E-state index in [4.69, 9.17) is 4.74 Å². The molecule has 0 spiro atoms. The van der Waals surface area contributed by atoms with Crippen LogP contribution in [0, 0.1) is 0 Å². The second-order valence-corrected chi connectivity index (χ2v) is 6.66. The SMILES string of the molecule is CN=C(NCC(c1ccc(C(F)(F)F)cc1)N1CCOCC1)NC1CC1.I. The molecule has 1 saturated heterocycles. The molecule has 1 aromatic carbocycles. The highest BCUT2D eigenvalue weighted by atomic mass is 127. The van der Waals surface area contributed by atoms with Gasteiger partial charge in [0, 0.05) is 32.7 Å². The Morgan fingerprint density at radius 2 is 1.85 bits per heavy atom. The molecular weight excluding hydrogens is 472 g/mol. The van der Waals surface area contributed by atoms with E-state index < -0.39 is 11.7 Å². The van der Waals surface area contributed by atoms with Crippen molar-refractivity contribution >= 4 is 29.9 Å². The van der Waals surface area contributed by atoms with Crippen molar-refractivity contribution in [2.24, 2.45) is 4.99 Å². The summed E-state index contributed by atoms with van der Waals surface area (Å²) in [5.74, 6) is 0.734. The van der Waals surface area contributed by atoms with E-state index in [-0.39, 0.29) is 30.0 Å². The van der Waals surface area contributed by atoms with E-state index in [9.17, 15) is 13.2 Å². The topological polar surface area (TPSA) is 48.9 Å². The fourth-order valence-corrected chi connectivity index (χ4v) is 3.05.